The Kier molecular flexibility index (Phi) is 9.15. The van der Waals surface area contributed by atoms with Crippen molar-refractivity contribution in [2.75, 3.05) is 13.2 Å². The van der Waals surface area contributed by atoms with E-state index in [9.17, 15) is 30.0 Å². The van der Waals surface area contributed by atoms with Crippen LogP contribution in [0.2, 0.25) is 0 Å². The molecule has 3 saturated carbocycles. The lowest BCUT2D eigenvalue weighted by atomic mass is 9.44. The first kappa shape index (κ1) is 32.8. The number of ether oxygens (including phenoxy) is 4. The van der Waals surface area contributed by atoms with Crippen molar-refractivity contribution in [1.82, 2.24) is 0 Å². The fraction of sp³-hybridized carbons (Fsp3) is 0.879. The van der Waals surface area contributed by atoms with Gasteiger partial charge in [0, 0.05) is 19.8 Å². The molecule has 12 atom stereocenters. The molecule has 0 amide bonds. The SMILES string of the molecule is CC(=O)OC[C@H](OC(C)=O)C1CCC2=C3CC[C@@H]4C(C)(C)[C@H](O[C@@H]5O[C@H](CO)[C@@H](O)[C@H](O)[C@H]5O)CC[C@@]4(C)[C@@H]3CC[C@@]21C. The van der Waals surface area contributed by atoms with E-state index in [-0.39, 0.29) is 46.8 Å². The summed E-state index contributed by atoms with van der Waals surface area (Å²) >= 11 is 0. The van der Waals surface area contributed by atoms with Crippen LogP contribution in [0.25, 0.3) is 0 Å². The summed E-state index contributed by atoms with van der Waals surface area (Å²) in [5, 5.41) is 40.8. The van der Waals surface area contributed by atoms with Crippen LogP contribution in [-0.4, -0.2) is 88.5 Å². The summed E-state index contributed by atoms with van der Waals surface area (Å²) in [6.07, 6.45) is 0.557. The van der Waals surface area contributed by atoms with Crippen LogP contribution in [0.4, 0.5) is 0 Å². The molecule has 4 N–H and O–H groups in total. The second-order valence-electron chi connectivity index (χ2n) is 14.9. The summed E-state index contributed by atoms with van der Waals surface area (Å²) in [6.45, 7) is 11.6. The van der Waals surface area contributed by atoms with Crippen molar-refractivity contribution in [3.63, 3.8) is 0 Å². The van der Waals surface area contributed by atoms with Gasteiger partial charge in [-0.1, -0.05) is 38.8 Å². The molecular formula is C33H52O10. The third kappa shape index (κ3) is 5.58. The zero-order valence-electron chi connectivity index (χ0n) is 26.6. The molecule has 5 aliphatic rings. The predicted molar refractivity (Wildman–Crippen MR) is 155 cm³/mol. The number of rotatable bonds is 7. The second kappa shape index (κ2) is 12.0. The van der Waals surface area contributed by atoms with E-state index in [2.05, 4.69) is 27.7 Å². The van der Waals surface area contributed by atoms with Crippen LogP contribution < -0.4 is 0 Å². The number of allylic oxidation sites excluding steroid dienone is 2. The summed E-state index contributed by atoms with van der Waals surface area (Å²) in [7, 11) is 0. The highest BCUT2D eigenvalue weighted by Crippen LogP contribution is 2.68. The summed E-state index contributed by atoms with van der Waals surface area (Å²) in [5.41, 5.74) is 2.81. The number of carbonyl (C=O) groups excluding carboxylic acids is 2. The van der Waals surface area contributed by atoms with Gasteiger partial charge in [-0.15, -0.1) is 0 Å². The number of fused-ring (bicyclic) bond motifs is 4. The van der Waals surface area contributed by atoms with Crippen molar-refractivity contribution < 1.29 is 49.0 Å². The van der Waals surface area contributed by atoms with E-state index in [0.29, 0.717) is 11.8 Å². The van der Waals surface area contributed by atoms with E-state index in [1.165, 1.54) is 19.4 Å². The maximum Gasteiger partial charge on any atom is 0.303 e. The molecule has 4 fully saturated rings. The Morgan fingerprint density at radius 3 is 2.30 bits per heavy atom. The Bertz CT molecular complexity index is 1100. The molecule has 244 valence electrons. The topological polar surface area (TPSA) is 152 Å². The third-order valence-corrected chi connectivity index (χ3v) is 12.3. The number of hydrogen-bond acceptors (Lipinski definition) is 10. The van der Waals surface area contributed by atoms with Crippen LogP contribution in [-0.2, 0) is 28.5 Å². The molecule has 43 heavy (non-hydrogen) atoms. The van der Waals surface area contributed by atoms with Crippen molar-refractivity contribution in [2.45, 2.75) is 136 Å². The molecule has 0 aromatic heterocycles. The second-order valence-corrected chi connectivity index (χ2v) is 14.9. The molecule has 0 bridgehead atoms. The van der Waals surface area contributed by atoms with E-state index >= 15 is 0 Å². The summed E-state index contributed by atoms with van der Waals surface area (Å²) in [6, 6.07) is 0. The van der Waals surface area contributed by atoms with Crippen LogP contribution in [0.5, 0.6) is 0 Å². The normalized spacial score (nSPS) is 44.6. The van der Waals surface area contributed by atoms with Gasteiger partial charge in [0.1, 0.15) is 37.1 Å². The lowest BCUT2D eigenvalue weighted by Crippen LogP contribution is -2.62. The molecule has 0 aromatic carbocycles. The zero-order chi connectivity index (χ0) is 31.5. The van der Waals surface area contributed by atoms with Crippen molar-refractivity contribution in [1.29, 1.82) is 0 Å². The van der Waals surface area contributed by atoms with Gasteiger partial charge in [-0.25, -0.2) is 0 Å². The molecule has 0 spiro atoms. The Hall–Kier alpha value is -1.56. The smallest absolute Gasteiger partial charge is 0.303 e. The molecule has 4 aliphatic carbocycles. The quantitative estimate of drug-likeness (QED) is 0.193. The van der Waals surface area contributed by atoms with Crippen molar-refractivity contribution in [3.8, 4) is 0 Å². The Balaban J connectivity index is 1.36. The van der Waals surface area contributed by atoms with Crippen LogP contribution in [0.15, 0.2) is 11.1 Å². The van der Waals surface area contributed by atoms with Gasteiger partial charge in [0.15, 0.2) is 6.29 Å². The van der Waals surface area contributed by atoms with Gasteiger partial charge in [-0.3, -0.25) is 9.59 Å². The zero-order valence-corrected chi connectivity index (χ0v) is 26.6. The summed E-state index contributed by atoms with van der Waals surface area (Å²) in [4.78, 5) is 23.6. The van der Waals surface area contributed by atoms with Crippen LogP contribution >= 0.6 is 0 Å². The maximum absolute atomic E-state index is 12.0. The van der Waals surface area contributed by atoms with E-state index in [4.69, 9.17) is 18.9 Å². The molecule has 1 unspecified atom stereocenters. The Morgan fingerprint density at radius 1 is 0.930 bits per heavy atom. The fourth-order valence-corrected chi connectivity index (χ4v) is 10.2. The molecule has 10 heteroatoms. The van der Waals surface area contributed by atoms with Gasteiger partial charge in [-0.2, -0.15) is 0 Å². The highest BCUT2D eigenvalue weighted by atomic mass is 16.7. The number of aliphatic hydroxyl groups excluding tert-OH is 4. The molecule has 0 aromatic rings. The lowest BCUT2D eigenvalue weighted by Gasteiger charge is -2.62. The molecular weight excluding hydrogens is 556 g/mol. The van der Waals surface area contributed by atoms with Crippen LogP contribution in [0, 0.1) is 34.0 Å². The number of esters is 2. The highest BCUT2D eigenvalue weighted by Gasteiger charge is 2.61. The molecule has 10 nitrogen and oxygen atoms in total. The molecule has 1 heterocycles. The van der Waals surface area contributed by atoms with Crippen molar-refractivity contribution in [2.24, 2.45) is 34.0 Å². The highest BCUT2D eigenvalue weighted by molar-refractivity contribution is 5.67. The Labute approximate surface area is 255 Å². The van der Waals surface area contributed by atoms with Gasteiger partial charge in [0.25, 0.3) is 0 Å². The lowest BCUT2D eigenvalue weighted by molar-refractivity contribution is -0.327. The largest absolute Gasteiger partial charge is 0.462 e. The van der Waals surface area contributed by atoms with Gasteiger partial charge in [0.05, 0.1) is 12.7 Å². The number of hydrogen-bond donors (Lipinski definition) is 4. The maximum atomic E-state index is 12.0. The fourth-order valence-electron chi connectivity index (χ4n) is 10.2. The summed E-state index contributed by atoms with van der Waals surface area (Å²) in [5.74, 6) is 0.179. The van der Waals surface area contributed by atoms with Gasteiger partial charge < -0.3 is 39.4 Å². The van der Waals surface area contributed by atoms with Gasteiger partial charge in [0.2, 0.25) is 0 Å². The van der Waals surface area contributed by atoms with Gasteiger partial charge >= 0.3 is 11.9 Å². The van der Waals surface area contributed by atoms with Gasteiger partial charge in [-0.05, 0) is 79.4 Å². The minimum atomic E-state index is -1.46. The van der Waals surface area contributed by atoms with E-state index in [1.807, 2.05) is 0 Å². The van der Waals surface area contributed by atoms with E-state index < -0.39 is 43.4 Å². The van der Waals surface area contributed by atoms with Crippen molar-refractivity contribution >= 4 is 11.9 Å². The standard InChI is InChI=1S/C33H52O10/c1-17(35)40-16-24(41-18(2)36)22-9-8-20-19-7-10-25-31(3,4)26(12-14-33(25,6)21(19)11-13-32(20,22)5)43-30-29(39)28(38)27(37)23(15-34)42-30/h21-30,34,37-39H,7-16H2,1-6H3/t21-,22?,23-,24+,25-,26-,27-,28+,29-,30+,32+,33+/m1/s1. The van der Waals surface area contributed by atoms with E-state index in [0.717, 1.165) is 51.4 Å². The summed E-state index contributed by atoms with van der Waals surface area (Å²) < 4.78 is 23.2. The Morgan fingerprint density at radius 2 is 1.65 bits per heavy atom. The predicted octanol–water partition coefficient (Wildman–Crippen LogP) is 3.03. The minimum Gasteiger partial charge on any atom is -0.462 e. The average molecular weight is 609 g/mol. The van der Waals surface area contributed by atoms with Crippen LogP contribution in [0.3, 0.4) is 0 Å². The molecule has 1 aliphatic heterocycles. The molecule has 5 rings (SSSR count). The van der Waals surface area contributed by atoms with Crippen LogP contribution in [0.1, 0.15) is 92.9 Å². The molecule has 0 radical (unpaired) electrons. The number of aliphatic hydroxyl groups is 4. The number of carbonyl (C=O) groups is 2. The third-order valence-electron chi connectivity index (χ3n) is 12.3. The average Bonchev–Trinajstić information content (AvgIpc) is 3.29. The first-order valence-corrected chi connectivity index (χ1v) is 16.1. The van der Waals surface area contributed by atoms with Crippen molar-refractivity contribution in [3.05, 3.63) is 11.1 Å². The first-order chi connectivity index (χ1) is 20.1. The minimum absolute atomic E-state index is 0.0613. The van der Waals surface area contributed by atoms with E-state index in [1.54, 1.807) is 5.57 Å². The molecule has 1 saturated heterocycles. The monoisotopic (exact) mass is 608 g/mol. The first-order valence-electron chi connectivity index (χ1n) is 16.1.